The molecule has 2 rings (SSSR count). The van der Waals surface area contributed by atoms with Crippen molar-refractivity contribution < 1.29 is 14.7 Å². The van der Waals surface area contributed by atoms with Crippen LogP contribution in [0.4, 0.5) is 0 Å². The number of nitrogens with one attached hydrogen (secondary N) is 1. The first-order valence-electron chi connectivity index (χ1n) is 4.45. The Balaban J connectivity index is 2.80. The second kappa shape index (κ2) is 3.24. The van der Waals surface area contributed by atoms with Gasteiger partial charge in [0.15, 0.2) is 5.78 Å². The van der Waals surface area contributed by atoms with Crippen molar-refractivity contribution in [1.29, 1.82) is 0 Å². The molecule has 0 atom stereocenters. The summed E-state index contributed by atoms with van der Waals surface area (Å²) in [4.78, 5) is 25.0. The summed E-state index contributed by atoms with van der Waals surface area (Å²) in [5.41, 5.74) is 1.22. The average molecular weight is 203 g/mol. The smallest absolute Gasteiger partial charge is 0.335 e. The lowest BCUT2D eigenvalue weighted by Crippen LogP contribution is -2.00. The van der Waals surface area contributed by atoms with Gasteiger partial charge in [-0.3, -0.25) is 4.79 Å². The van der Waals surface area contributed by atoms with Crippen molar-refractivity contribution in [1.82, 2.24) is 4.98 Å². The number of benzene rings is 1. The molecule has 15 heavy (non-hydrogen) atoms. The van der Waals surface area contributed by atoms with Crippen molar-refractivity contribution in [3.8, 4) is 0 Å². The number of carboxylic acid groups (broad SMARTS) is 1. The number of carboxylic acids is 1. The highest BCUT2D eigenvalue weighted by atomic mass is 16.4. The molecule has 0 saturated heterocycles. The van der Waals surface area contributed by atoms with Gasteiger partial charge in [0.2, 0.25) is 0 Å². The van der Waals surface area contributed by atoms with Gasteiger partial charge in [-0.2, -0.15) is 0 Å². The fourth-order valence-electron chi connectivity index (χ4n) is 1.58. The lowest BCUT2D eigenvalue weighted by atomic mass is 10.0. The van der Waals surface area contributed by atoms with Gasteiger partial charge >= 0.3 is 5.97 Å². The lowest BCUT2D eigenvalue weighted by molar-refractivity contribution is 0.0697. The van der Waals surface area contributed by atoms with E-state index in [0.717, 1.165) is 5.39 Å². The molecule has 0 spiro atoms. The number of ketones is 1. The molecule has 76 valence electrons. The predicted octanol–water partition coefficient (Wildman–Crippen LogP) is 2.07. The summed E-state index contributed by atoms with van der Waals surface area (Å²) in [6.07, 6.45) is 1.68. The third-order valence-electron chi connectivity index (χ3n) is 2.30. The number of aromatic nitrogens is 1. The highest BCUT2D eigenvalue weighted by Gasteiger charge is 2.12. The van der Waals surface area contributed by atoms with Gasteiger partial charge in [-0.15, -0.1) is 0 Å². The number of aromatic amines is 1. The van der Waals surface area contributed by atoms with Crippen molar-refractivity contribution in [2.75, 3.05) is 0 Å². The molecule has 0 bridgehead atoms. The normalized spacial score (nSPS) is 10.5. The Hall–Kier alpha value is -2.10. The fourth-order valence-corrected chi connectivity index (χ4v) is 1.58. The number of rotatable bonds is 2. The van der Waals surface area contributed by atoms with Crippen LogP contribution in [0.25, 0.3) is 10.9 Å². The molecule has 0 fully saturated rings. The van der Waals surface area contributed by atoms with Crippen LogP contribution in [0.2, 0.25) is 0 Å². The third-order valence-corrected chi connectivity index (χ3v) is 2.30. The quantitative estimate of drug-likeness (QED) is 0.734. The maximum absolute atomic E-state index is 11.3. The minimum Gasteiger partial charge on any atom is -0.478 e. The summed E-state index contributed by atoms with van der Waals surface area (Å²) in [5, 5.41) is 9.62. The Kier molecular flexibility index (Phi) is 2.04. The van der Waals surface area contributed by atoms with Gasteiger partial charge < -0.3 is 10.1 Å². The minimum absolute atomic E-state index is 0.121. The molecule has 0 aliphatic carbocycles. The van der Waals surface area contributed by atoms with Crippen LogP contribution in [0.15, 0.2) is 24.4 Å². The molecule has 0 saturated carbocycles. The van der Waals surface area contributed by atoms with E-state index in [1.807, 2.05) is 0 Å². The number of carbonyl (C=O) groups is 2. The Labute approximate surface area is 85.5 Å². The van der Waals surface area contributed by atoms with Crippen LogP contribution in [-0.4, -0.2) is 21.8 Å². The first-order valence-corrected chi connectivity index (χ1v) is 4.45. The van der Waals surface area contributed by atoms with E-state index in [2.05, 4.69) is 4.98 Å². The first kappa shape index (κ1) is 9.45. The van der Waals surface area contributed by atoms with E-state index in [4.69, 9.17) is 5.11 Å². The maximum atomic E-state index is 11.3. The van der Waals surface area contributed by atoms with E-state index in [0.29, 0.717) is 11.1 Å². The van der Waals surface area contributed by atoms with Crippen molar-refractivity contribution in [2.45, 2.75) is 6.92 Å². The summed E-state index contributed by atoms with van der Waals surface area (Å²) in [6, 6.07) is 4.68. The van der Waals surface area contributed by atoms with Gasteiger partial charge in [0.25, 0.3) is 0 Å². The molecule has 4 nitrogen and oxygen atoms in total. The van der Waals surface area contributed by atoms with E-state index in [1.54, 1.807) is 12.3 Å². The number of carbonyl (C=O) groups excluding carboxylic acids is 1. The molecule has 1 aromatic heterocycles. The summed E-state index contributed by atoms with van der Waals surface area (Å²) in [6.45, 7) is 1.42. The molecule has 0 aliphatic heterocycles. The second-order valence-electron chi connectivity index (χ2n) is 3.32. The molecule has 0 aliphatic rings. The molecular formula is C11H9NO3. The summed E-state index contributed by atoms with van der Waals surface area (Å²) in [7, 11) is 0. The molecule has 0 unspecified atom stereocenters. The maximum Gasteiger partial charge on any atom is 0.335 e. The van der Waals surface area contributed by atoms with Gasteiger partial charge in [-0.05, 0) is 25.1 Å². The second-order valence-corrected chi connectivity index (χ2v) is 3.32. The van der Waals surface area contributed by atoms with Crippen molar-refractivity contribution in [2.24, 2.45) is 0 Å². The van der Waals surface area contributed by atoms with E-state index in [9.17, 15) is 9.59 Å². The zero-order valence-electron chi connectivity index (χ0n) is 8.07. The largest absolute Gasteiger partial charge is 0.478 e. The number of hydrogen-bond acceptors (Lipinski definition) is 2. The number of hydrogen-bond donors (Lipinski definition) is 2. The van der Waals surface area contributed by atoms with Gasteiger partial charge in [-0.25, -0.2) is 4.79 Å². The number of Topliss-reactive ketones (excluding diaryl/α,β-unsaturated/α-hetero) is 1. The van der Waals surface area contributed by atoms with Gasteiger partial charge in [0.1, 0.15) is 0 Å². The zero-order chi connectivity index (χ0) is 11.0. The highest BCUT2D eigenvalue weighted by molar-refractivity contribution is 6.09. The molecule has 0 amide bonds. The van der Waals surface area contributed by atoms with E-state index >= 15 is 0 Å². The standard InChI is InChI=1S/C11H9NO3/c1-6(13)9-4-7(11(14)15)5-10-8(9)2-3-12-10/h2-5,12H,1H3,(H,14,15). The SMILES string of the molecule is CC(=O)c1cc(C(=O)O)cc2[nH]ccc12. The summed E-state index contributed by atoms with van der Waals surface area (Å²) < 4.78 is 0. The third kappa shape index (κ3) is 1.50. The van der Waals surface area contributed by atoms with Crippen molar-refractivity contribution >= 4 is 22.7 Å². The van der Waals surface area contributed by atoms with Crippen LogP contribution in [0, 0.1) is 0 Å². The van der Waals surface area contributed by atoms with Crippen LogP contribution < -0.4 is 0 Å². The Bertz CT molecular complexity index is 554. The molecule has 1 aromatic carbocycles. The van der Waals surface area contributed by atoms with E-state index < -0.39 is 5.97 Å². The van der Waals surface area contributed by atoms with Crippen molar-refractivity contribution in [3.05, 3.63) is 35.5 Å². The van der Waals surface area contributed by atoms with Crippen LogP contribution >= 0.6 is 0 Å². The van der Waals surface area contributed by atoms with Crippen LogP contribution in [0.3, 0.4) is 0 Å². The fraction of sp³-hybridized carbons (Fsp3) is 0.0909. The van der Waals surface area contributed by atoms with Crippen LogP contribution in [-0.2, 0) is 0 Å². The number of H-pyrrole nitrogens is 1. The van der Waals surface area contributed by atoms with Crippen LogP contribution in [0.1, 0.15) is 27.6 Å². The zero-order valence-corrected chi connectivity index (χ0v) is 8.07. The molecule has 2 N–H and O–H groups in total. The monoisotopic (exact) mass is 203 g/mol. The minimum atomic E-state index is -1.03. The van der Waals surface area contributed by atoms with Gasteiger partial charge in [-0.1, -0.05) is 0 Å². The number of fused-ring (bicyclic) bond motifs is 1. The average Bonchev–Trinajstić information content (AvgIpc) is 2.62. The van der Waals surface area contributed by atoms with Crippen molar-refractivity contribution in [3.63, 3.8) is 0 Å². The number of aromatic carboxylic acids is 1. The topological polar surface area (TPSA) is 70.2 Å². The highest BCUT2D eigenvalue weighted by Crippen LogP contribution is 2.20. The Morgan fingerprint density at radius 2 is 2.07 bits per heavy atom. The first-order chi connectivity index (χ1) is 7.09. The Morgan fingerprint density at radius 1 is 1.33 bits per heavy atom. The predicted molar refractivity (Wildman–Crippen MR) is 55.3 cm³/mol. The van der Waals surface area contributed by atoms with Crippen LogP contribution in [0.5, 0.6) is 0 Å². The lowest BCUT2D eigenvalue weighted by Gasteiger charge is -2.01. The van der Waals surface area contributed by atoms with E-state index in [1.165, 1.54) is 19.1 Å². The molecular weight excluding hydrogens is 194 g/mol. The Morgan fingerprint density at radius 3 is 2.67 bits per heavy atom. The molecule has 1 heterocycles. The molecule has 0 radical (unpaired) electrons. The van der Waals surface area contributed by atoms with Gasteiger partial charge in [0.05, 0.1) is 5.56 Å². The molecule has 4 heteroatoms. The summed E-state index contributed by atoms with van der Waals surface area (Å²) in [5.74, 6) is -1.17. The van der Waals surface area contributed by atoms with E-state index in [-0.39, 0.29) is 11.3 Å². The summed E-state index contributed by atoms with van der Waals surface area (Å²) >= 11 is 0. The molecule has 2 aromatic rings. The van der Waals surface area contributed by atoms with Gasteiger partial charge in [0, 0.05) is 22.7 Å².